The van der Waals surface area contributed by atoms with Crippen molar-refractivity contribution < 1.29 is 23.4 Å². The average Bonchev–Trinajstić information content (AvgIpc) is 3.37. The molecule has 1 N–H and O–H groups in total. The Balaban J connectivity index is 1.38. The quantitative estimate of drug-likeness (QED) is 0.228. The second-order valence-corrected chi connectivity index (χ2v) is 11.5. The van der Waals surface area contributed by atoms with Crippen molar-refractivity contribution in [3.8, 4) is 17.2 Å². The lowest BCUT2D eigenvalue weighted by Gasteiger charge is -2.26. The molecule has 1 atom stereocenters. The molecule has 46 heavy (non-hydrogen) atoms. The Labute approximate surface area is 268 Å². The first-order valence-corrected chi connectivity index (χ1v) is 15.2. The van der Waals surface area contributed by atoms with Gasteiger partial charge in [0, 0.05) is 17.3 Å². The molecule has 4 aromatic carbocycles. The number of anilines is 1. The maximum Gasteiger partial charge on any atom is 0.271 e. The minimum Gasteiger partial charge on any atom is -0.497 e. The molecule has 1 aliphatic heterocycles. The van der Waals surface area contributed by atoms with Gasteiger partial charge in [-0.25, -0.2) is 9.38 Å². The summed E-state index contributed by atoms with van der Waals surface area (Å²) in [5.41, 5.74) is 3.25. The van der Waals surface area contributed by atoms with E-state index >= 15 is 0 Å². The summed E-state index contributed by atoms with van der Waals surface area (Å²) >= 11 is 1.24. The monoisotopic (exact) mass is 635 g/mol. The molecular weight excluding hydrogens is 605 g/mol. The average molecular weight is 636 g/mol. The highest BCUT2D eigenvalue weighted by Gasteiger charge is 2.34. The molecule has 2 heterocycles. The van der Waals surface area contributed by atoms with Crippen molar-refractivity contribution in [1.29, 1.82) is 0 Å². The van der Waals surface area contributed by atoms with E-state index < -0.39 is 6.04 Å². The van der Waals surface area contributed by atoms with Crippen molar-refractivity contribution in [2.75, 3.05) is 19.5 Å². The molecule has 10 heteroatoms. The Morgan fingerprint density at radius 2 is 1.72 bits per heavy atom. The molecule has 0 saturated carbocycles. The number of hydrogen-bond acceptors (Lipinski definition) is 7. The van der Waals surface area contributed by atoms with Gasteiger partial charge in [-0.1, -0.05) is 53.8 Å². The maximum absolute atomic E-state index is 14.1. The zero-order valence-corrected chi connectivity index (χ0v) is 26.1. The molecule has 0 aliphatic carbocycles. The van der Waals surface area contributed by atoms with Gasteiger partial charge in [0.1, 0.15) is 35.7 Å². The number of ether oxygens (including phenoxy) is 3. The zero-order valence-electron chi connectivity index (χ0n) is 25.3. The van der Waals surface area contributed by atoms with E-state index in [2.05, 4.69) is 5.32 Å². The lowest BCUT2D eigenvalue weighted by molar-refractivity contribution is -0.113. The molecule has 0 spiro atoms. The van der Waals surface area contributed by atoms with Crippen molar-refractivity contribution in [2.24, 2.45) is 4.99 Å². The number of thiazole rings is 1. The minimum atomic E-state index is -0.818. The Bertz CT molecular complexity index is 2120. The van der Waals surface area contributed by atoms with E-state index in [1.807, 2.05) is 30.3 Å². The number of amides is 1. The third-order valence-electron chi connectivity index (χ3n) is 7.51. The highest BCUT2D eigenvalue weighted by Crippen LogP contribution is 2.37. The Hall–Kier alpha value is -5.48. The number of carbonyl (C=O) groups is 1. The number of allylic oxidation sites excluding steroid dienone is 1. The molecule has 232 valence electrons. The van der Waals surface area contributed by atoms with Crippen LogP contribution >= 0.6 is 11.3 Å². The van der Waals surface area contributed by atoms with E-state index in [1.54, 1.807) is 79.3 Å². The second-order valence-electron chi connectivity index (χ2n) is 10.5. The normalized spacial score (nSPS) is 14.3. The number of nitrogens with zero attached hydrogens (tertiary/aromatic N) is 2. The van der Waals surface area contributed by atoms with Crippen LogP contribution in [0.5, 0.6) is 17.2 Å². The van der Waals surface area contributed by atoms with Gasteiger partial charge in [0.15, 0.2) is 4.80 Å². The number of methoxy groups -OCH3 is 2. The first-order valence-electron chi connectivity index (χ1n) is 14.4. The summed E-state index contributed by atoms with van der Waals surface area (Å²) in [4.78, 5) is 33.1. The number of fused-ring (bicyclic) bond motifs is 1. The van der Waals surface area contributed by atoms with Gasteiger partial charge in [0.2, 0.25) is 0 Å². The molecule has 0 bridgehead atoms. The van der Waals surface area contributed by atoms with Gasteiger partial charge in [0.05, 0.1) is 30.0 Å². The lowest BCUT2D eigenvalue weighted by Crippen LogP contribution is -2.40. The van der Waals surface area contributed by atoms with E-state index in [9.17, 15) is 14.0 Å². The predicted molar refractivity (Wildman–Crippen MR) is 176 cm³/mol. The predicted octanol–water partition coefficient (Wildman–Crippen LogP) is 5.61. The first-order chi connectivity index (χ1) is 22.3. The summed E-state index contributed by atoms with van der Waals surface area (Å²) in [6.45, 7) is 1.99. The Kier molecular flexibility index (Phi) is 8.80. The van der Waals surface area contributed by atoms with Crippen molar-refractivity contribution >= 4 is 29.0 Å². The fourth-order valence-electron chi connectivity index (χ4n) is 5.28. The first kappa shape index (κ1) is 30.5. The highest BCUT2D eigenvalue weighted by atomic mass is 32.1. The third kappa shape index (κ3) is 6.33. The van der Waals surface area contributed by atoms with Crippen LogP contribution in [0.2, 0.25) is 0 Å². The molecule has 0 unspecified atom stereocenters. The van der Waals surface area contributed by atoms with Crippen LogP contribution < -0.4 is 34.4 Å². The topological polar surface area (TPSA) is 91.2 Å². The zero-order chi connectivity index (χ0) is 32.2. The van der Waals surface area contributed by atoms with Crippen molar-refractivity contribution in [3.63, 3.8) is 0 Å². The van der Waals surface area contributed by atoms with E-state index in [0.717, 1.165) is 11.1 Å². The Morgan fingerprint density at radius 1 is 0.957 bits per heavy atom. The van der Waals surface area contributed by atoms with Gasteiger partial charge in [-0.3, -0.25) is 14.2 Å². The number of benzene rings is 4. The summed E-state index contributed by atoms with van der Waals surface area (Å²) < 4.78 is 32.4. The molecule has 0 radical (unpaired) electrons. The van der Waals surface area contributed by atoms with Crippen LogP contribution in [0.3, 0.4) is 0 Å². The van der Waals surface area contributed by atoms with Crippen LogP contribution in [0.25, 0.3) is 6.08 Å². The van der Waals surface area contributed by atoms with Crippen LogP contribution in [0.1, 0.15) is 29.7 Å². The molecular formula is C36H30FN3O5S. The molecule has 0 fully saturated rings. The minimum absolute atomic E-state index is 0.226. The van der Waals surface area contributed by atoms with Crippen LogP contribution in [0, 0.1) is 5.82 Å². The largest absolute Gasteiger partial charge is 0.497 e. The van der Waals surface area contributed by atoms with Crippen LogP contribution in [-0.4, -0.2) is 24.7 Å². The summed E-state index contributed by atoms with van der Waals surface area (Å²) in [7, 11) is 3.09. The number of hydrogen-bond donors (Lipinski definition) is 1. The van der Waals surface area contributed by atoms with Crippen LogP contribution in [0.4, 0.5) is 10.1 Å². The molecule has 0 saturated heterocycles. The molecule has 6 rings (SSSR count). The molecule has 5 aromatic rings. The van der Waals surface area contributed by atoms with Gasteiger partial charge in [-0.15, -0.1) is 0 Å². The number of carbonyl (C=O) groups excluding carboxylic acids is 1. The van der Waals surface area contributed by atoms with Crippen LogP contribution in [0.15, 0.2) is 118 Å². The van der Waals surface area contributed by atoms with E-state index in [0.29, 0.717) is 49.1 Å². The van der Waals surface area contributed by atoms with Crippen LogP contribution in [-0.2, 0) is 11.4 Å². The fraction of sp³-hybridized carbons (Fsp3) is 0.139. The van der Waals surface area contributed by atoms with Gasteiger partial charge in [0.25, 0.3) is 11.5 Å². The SMILES string of the molecule is COc1ccc([C@@H]2C(C(=O)Nc3ccccc3)=C(C)N=c3s/c(=C\c4ccc(OCc5cccc(F)c5)cc4)c(=O)n32)c(OC)c1. The Morgan fingerprint density at radius 3 is 2.43 bits per heavy atom. The molecule has 1 aliphatic rings. The number of para-hydroxylation sites is 1. The molecule has 8 nitrogen and oxygen atoms in total. The maximum atomic E-state index is 14.1. The van der Waals surface area contributed by atoms with Gasteiger partial charge < -0.3 is 19.5 Å². The van der Waals surface area contributed by atoms with Crippen molar-refractivity contribution in [1.82, 2.24) is 4.57 Å². The van der Waals surface area contributed by atoms with E-state index in [1.165, 1.54) is 30.6 Å². The molecule has 1 aromatic heterocycles. The summed E-state index contributed by atoms with van der Waals surface area (Å²) in [6.07, 6.45) is 1.78. The van der Waals surface area contributed by atoms with Gasteiger partial charge in [-0.2, -0.15) is 0 Å². The third-order valence-corrected chi connectivity index (χ3v) is 8.49. The van der Waals surface area contributed by atoms with Crippen molar-refractivity contribution in [3.05, 3.63) is 151 Å². The van der Waals surface area contributed by atoms with E-state index in [4.69, 9.17) is 19.2 Å². The smallest absolute Gasteiger partial charge is 0.271 e. The van der Waals surface area contributed by atoms with Crippen molar-refractivity contribution in [2.45, 2.75) is 19.6 Å². The van der Waals surface area contributed by atoms with Gasteiger partial charge >= 0.3 is 0 Å². The summed E-state index contributed by atoms with van der Waals surface area (Å²) in [6, 6.07) is 27.1. The fourth-order valence-corrected chi connectivity index (χ4v) is 6.32. The molecule has 1 amide bonds. The van der Waals surface area contributed by atoms with E-state index in [-0.39, 0.29) is 23.9 Å². The second kappa shape index (κ2) is 13.3. The lowest BCUT2D eigenvalue weighted by atomic mass is 9.94. The standard InChI is InChI=1S/C36H30FN3O5S/c1-22-32(34(41)39-26-10-5-4-6-11-26)33(29-17-16-28(43-2)20-30(29)44-3)40-35(42)31(46-36(40)38-22)19-23-12-14-27(15-13-23)45-21-24-8-7-9-25(37)18-24/h4-20,33H,21H2,1-3H3,(H,39,41)/b31-19-/t33-/m1/s1. The number of nitrogens with one attached hydrogen (secondary N) is 1. The number of aromatic nitrogens is 1. The summed E-state index contributed by atoms with van der Waals surface area (Å²) in [5, 5.41) is 2.95. The number of rotatable bonds is 9. The van der Waals surface area contributed by atoms with Gasteiger partial charge in [-0.05, 0) is 72.7 Å². The number of halogens is 1. The summed E-state index contributed by atoms with van der Waals surface area (Å²) in [5.74, 6) is 0.960. The highest BCUT2D eigenvalue weighted by molar-refractivity contribution is 7.07.